The van der Waals surface area contributed by atoms with E-state index in [4.69, 9.17) is 4.74 Å². The molecule has 146 valence electrons. The molecule has 0 N–H and O–H groups in total. The number of benzene rings is 2. The molecule has 0 radical (unpaired) electrons. The molecule has 4 nitrogen and oxygen atoms in total. The zero-order valence-electron chi connectivity index (χ0n) is 14.1. The van der Waals surface area contributed by atoms with Gasteiger partial charge in [-0.2, -0.15) is 4.98 Å². The minimum Gasteiger partial charge on any atom is -0.472 e. The third kappa shape index (κ3) is 3.97. The fraction of sp³-hybridized carbons (Fsp3) is 0.111. The molecule has 0 spiro atoms. The number of aryl methyl sites for hydroxylation is 1. The lowest BCUT2D eigenvalue weighted by atomic mass is 10.2. The number of halogens is 6. The first-order chi connectivity index (χ1) is 13.2. The fourth-order valence-electron chi connectivity index (χ4n) is 2.47. The fourth-order valence-corrected chi connectivity index (χ4v) is 3.26. The van der Waals surface area contributed by atoms with E-state index in [1.165, 1.54) is 13.0 Å². The Morgan fingerprint density at radius 2 is 1.68 bits per heavy atom. The van der Waals surface area contributed by atoms with Crippen molar-refractivity contribution in [1.29, 1.82) is 0 Å². The van der Waals surface area contributed by atoms with E-state index < -0.39 is 34.5 Å². The molecule has 0 aliphatic rings. The Kier molecular flexibility index (Phi) is 5.90. The van der Waals surface area contributed by atoms with Gasteiger partial charge >= 0.3 is 0 Å². The number of aromatic nitrogens is 2. The second-order valence-electron chi connectivity index (χ2n) is 5.66. The van der Waals surface area contributed by atoms with Crippen molar-refractivity contribution >= 4 is 31.9 Å². The summed E-state index contributed by atoms with van der Waals surface area (Å²) >= 11 is 5.97. The van der Waals surface area contributed by atoms with Gasteiger partial charge in [-0.25, -0.2) is 17.6 Å². The van der Waals surface area contributed by atoms with Gasteiger partial charge in [0, 0.05) is 16.1 Å². The highest BCUT2D eigenvalue weighted by atomic mass is 79.9. The Hall–Kier alpha value is -2.20. The van der Waals surface area contributed by atoms with Gasteiger partial charge in [0.2, 0.25) is 5.88 Å². The van der Waals surface area contributed by atoms with Gasteiger partial charge in [0.25, 0.3) is 5.56 Å². The molecule has 0 saturated carbocycles. The first-order valence-electron chi connectivity index (χ1n) is 7.70. The van der Waals surface area contributed by atoms with Crippen LogP contribution in [0.3, 0.4) is 0 Å². The standard InChI is InChI=1S/C18H10Br2F4N2O2/c1-8-25-17(28-7-9-2-3-11(21)6-12(9)22)15(20)18(27)26(8)16-13(23)4-10(19)5-14(16)24/h2-6H,7H2,1H3. The van der Waals surface area contributed by atoms with Crippen molar-refractivity contribution in [2.45, 2.75) is 13.5 Å². The Morgan fingerprint density at radius 3 is 2.29 bits per heavy atom. The quantitative estimate of drug-likeness (QED) is 0.443. The molecular weight excluding hydrogens is 512 g/mol. The van der Waals surface area contributed by atoms with Crippen LogP contribution in [0.2, 0.25) is 0 Å². The predicted octanol–water partition coefficient (Wildman–Crippen LogP) is 5.20. The van der Waals surface area contributed by atoms with Crippen molar-refractivity contribution in [1.82, 2.24) is 9.55 Å². The van der Waals surface area contributed by atoms with E-state index >= 15 is 0 Å². The van der Waals surface area contributed by atoms with Crippen molar-refractivity contribution in [2.24, 2.45) is 0 Å². The van der Waals surface area contributed by atoms with Crippen LogP contribution >= 0.6 is 31.9 Å². The summed E-state index contributed by atoms with van der Waals surface area (Å²) in [7, 11) is 0. The van der Waals surface area contributed by atoms with Crippen LogP contribution in [0.4, 0.5) is 17.6 Å². The maximum Gasteiger partial charge on any atom is 0.276 e. The third-order valence-corrected chi connectivity index (χ3v) is 4.89. The molecule has 0 aliphatic carbocycles. The van der Waals surface area contributed by atoms with E-state index in [1.54, 1.807) is 0 Å². The molecule has 0 aliphatic heterocycles. The second kappa shape index (κ2) is 8.04. The molecule has 1 aromatic heterocycles. The van der Waals surface area contributed by atoms with Crippen LogP contribution in [0, 0.1) is 30.2 Å². The second-order valence-corrected chi connectivity index (χ2v) is 7.37. The highest BCUT2D eigenvalue weighted by molar-refractivity contribution is 9.10. The van der Waals surface area contributed by atoms with Gasteiger partial charge in [-0.15, -0.1) is 0 Å². The minimum atomic E-state index is -0.965. The monoisotopic (exact) mass is 520 g/mol. The lowest BCUT2D eigenvalue weighted by Gasteiger charge is -2.15. The zero-order valence-corrected chi connectivity index (χ0v) is 17.2. The highest BCUT2D eigenvalue weighted by Crippen LogP contribution is 2.26. The topological polar surface area (TPSA) is 44.1 Å². The summed E-state index contributed by atoms with van der Waals surface area (Å²) in [6.45, 7) is 1.03. The summed E-state index contributed by atoms with van der Waals surface area (Å²) in [5.41, 5.74) is -1.36. The lowest BCUT2D eigenvalue weighted by molar-refractivity contribution is 0.283. The minimum absolute atomic E-state index is 0.0435. The van der Waals surface area contributed by atoms with E-state index in [-0.39, 0.29) is 32.8 Å². The summed E-state index contributed by atoms with van der Waals surface area (Å²) in [5.74, 6) is -3.73. The number of hydrogen-bond donors (Lipinski definition) is 0. The maximum atomic E-state index is 14.3. The van der Waals surface area contributed by atoms with Crippen LogP contribution in [0.25, 0.3) is 5.69 Å². The maximum absolute atomic E-state index is 14.3. The molecule has 28 heavy (non-hydrogen) atoms. The van der Waals surface area contributed by atoms with Gasteiger partial charge in [-0.3, -0.25) is 9.36 Å². The van der Waals surface area contributed by atoms with E-state index in [1.807, 2.05) is 0 Å². The van der Waals surface area contributed by atoms with Crippen molar-refractivity contribution in [2.75, 3.05) is 0 Å². The van der Waals surface area contributed by atoms with Crippen LogP contribution in [0.1, 0.15) is 11.4 Å². The van der Waals surface area contributed by atoms with Gasteiger partial charge in [0.1, 0.15) is 34.2 Å². The third-order valence-electron chi connectivity index (χ3n) is 3.75. The van der Waals surface area contributed by atoms with Crippen LogP contribution < -0.4 is 10.3 Å². The van der Waals surface area contributed by atoms with Crippen molar-refractivity contribution in [3.63, 3.8) is 0 Å². The van der Waals surface area contributed by atoms with E-state index in [9.17, 15) is 22.4 Å². The Labute approximate surface area is 173 Å². The Bertz CT molecular complexity index is 1110. The van der Waals surface area contributed by atoms with Crippen molar-refractivity contribution in [3.05, 3.63) is 84.3 Å². The molecule has 0 unspecified atom stereocenters. The van der Waals surface area contributed by atoms with Gasteiger partial charge < -0.3 is 4.74 Å². The normalized spacial score (nSPS) is 11.0. The smallest absolute Gasteiger partial charge is 0.276 e. The number of nitrogens with zero attached hydrogens (tertiary/aromatic N) is 2. The number of ether oxygens (including phenoxy) is 1. The van der Waals surface area contributed by atoms with Crippen LogP contribution in [0.5, 0.6) is 5.88 Å². The molecule has 0 saturated heterocycles. The summed E-state index contributed by atoms with van der Waals surface area (Å²) < 4.78 is 61.3. The van der Waals surface area contributed by atoms with Gasteiger partial charge in [0.05, 0.1) is 0 Å². The first-order valence-corrected chi connectivity index (χ1v) is 9.28. The van der Waals surface area contributed by atoms with E-state index in [2.05, 4.69) is 36.8 Å². The van der Waals surface area contributed by atoms with Crippen molar-refractivity contribution < 1.29 is 22.3 Å². The first kappa shape index (κ1) is 20.5. The average molecular weight is 522 g/mol. The van der Waals surface area contributed by atoms with Crippen LogP contribution in [0.15, 0.2) is 44.1 Å². The van der Waals surface area contributed by atoms with E-state index in [0.717, 1.165) is 22.8 Å². The molecule has 0 fully saturated rings. The van der Waals surface area contributed by atoms with Gasteiger partial charge in [-0.1, -0.05) is 15.9 Å². The molecule has 1 heterocycles. The summed E-state index contributed by atoms with van der Waals surface area (Å²) in [6.07, 6.45) is 0. The molecule has 0 atom stereocenters. The Balaban J connectivity index is 2.01. The Morgan fingerprint density at radius 1 is 1.04 bits per heavy atom. The SMILES string of the molecule is Cc1nc(OCc2ccc(F)cc2F)c(Br)c(=O)n1-c1c(F)cc(Br)cc1F. The number of hydrogen-bond acceptors (Lipinski definition) is 3. The largest absolute Gasteiger partial charge is 0.472 e. The average Bonchev–Trinajstić information content (AvgIpc) is 2.60. The molecule has 0 amide bonds. The molecule has 3 rings (SSSR count). The van der Waals surface area contributed by atoms with Crippen molar-refractivity contribution in [3.8, 4) is 11.6 Å². The van der Waals surface area contributed by atoms with Crippen LogP contribution in [-0.4, -0.2) is 9.55 Å². The lowest BCUT2D eigenvalue weighted by Crippen LogP contribution is -2.25. The molecule has 10 heteroatoms. The van der Waals surface area contributed by atoms with Gasteiger partial charge in [-0.05, 0) is 47.1 Å². The highest BCUT2D eigenvalue weighted by Gasteiger charge is 2.21. The summed E-state index contributed by atoms with van der Waals surface area (Å²) in [5, 5.41) is 0. The van der Waals surface area contributed by atoms with E-state index in [0.29, 0.717) is 6.07 Å². The molecule has 0 bridgehead atoms. The molecular formula is C18H10Br2F4N2O2. The summed E-state index contributed by atoms with van der Waals surface area (Å²) in [4.78, 5) is 16.7. The number of rotatable bonds is 4. The van der Waals surface area contributed by atoms with Crippen LogP contribution in [-0.2, 0) is 6.61 Å². The zero-order chi connectivity index (χ0) is 20.6. The molecule has 3 aromatic rings. The van der Waals surface area contributed by atoms with Gasteiger partial charge in [0.15, 0.2) is 11.6 Å². The molecule has 2 aromatic carbocycles. The summed E-state index contributed by atoms with van der Waals surface area (Å²) in [6, 6.07) is 4.98. The predicted molar refractivity (Wildman–Crippen MR) is 101 cm³/mol.